The Morgan fingerprint density at radius 2 is 2.00 bits per heavy atom. The molecule has 0 aliphatic carbocycles. The van der Waals surface area contributed by atoms with Gasteiger partial charge in [0.1, 0.15) is 5.82 Å². The number of para-hydroxylation sites is 1. The highest BCUT2D eigenvalue weighted by molar-refractivity contribution is 7.85. The molecule has 0 aromatic heterocycles. The van der Waals surface area contributed by atoms with Crippen molar-refractivity contribution in [2.75, 3.05) is 35.2 Å². The molecule has 1 aliphatic heterocycles. The number of nitrogens with zero attached hydrogens (tertiary/aromatic N) is 1. The Morgan fingerprint density at radius 3 is 2.67 bits per heavy atom. The van der Waals surface area contributed by atoms with Gasteiger partial charge in [0.05, 0.1) is 11.4 Å². The van der Waals surface area contributed by atoms with E-state index in [0.29, 0.717) is 30.3 Å². The zero-order valence-corrected chi connectivity index (χ0v) is 9.10. The molecule has 1 fully saturated rings. The summed E-state index contributed by atoms with van der Waals surface area (Å²) in [6.45, 7) is 1.36. The number of anilines is 2. The lowest BCUT2D eigenvalue weighted by atomic mass is 10.2. The SMILES string of the molecule is Nc1c(F)cccc1N1CCS(=O)CC1. The fraction of sp³-hybridized carbons (Fsp3) is 0.400. The quantitative estimate of drug-likeness (QED) is 0.729. The molecule has 1 aromatic rings. The molecule has 82 valence electrons. The van der Waals surface area contributed by atoms with Crippen LogP contribution in [0.25, 0.3) is 0 Å². The number of benzene rings is 1. The molecule has 15 heavy (non-hydrogen) atoms. The van der Waals surface area contributed by atoms with Gasteiger partial charge >= 0.3 is 0 Å². The van der Waals surface area contributed by atoms with Crippen LogP contribution >= 0.6 is 0 Å². The van der Waals surface area contributed by atoms with Crippen molar-refractivity contribution in [1.82, 2.24) is 0 Å². The maximum absolute atomic E-state index is 13.2. The minimum atomic E-state index is -0.723. The summed E-state index contributed by atoms with van der Waals surface area (Å²) in [6.07, 6.45) is 0. The highest BCUT2D eigenvalue weighted by Crippen LogP contribution is 2.26. The van der Waals surface area contributed by atoms with Crippen molar-refractivity contribution in [3.63, 3.8) is 0 Å². The van der Waals surface area contributed by atoms with Gasteiger partial charge < -0.3 is 10.6 Å². The van der Waals surface area contributed by atoms with Crippen molar-refractivity contribution in [2.24, 2.45) is 0 Å². The summed E-state index contributed by atoms with van der Waals surface area (Å²) >= 11 is 0. The average Bonchev–Trinajstić information content (AvgIpc) is 2.24. The summed E-state index contributed by atoms with van der Waals surface area (Å²) in [7, 11) is -0.723. The third-order valence-electron chi connectivity index (χ3n) is 2.55. The lowest BCUT2D eigenvalue weighted by Gasteiger charge is -2.29. The second-order valence-corrected chi connectivity index (χ2v) is 5.20. The Hall–Kier alpha value is -1.10. The van der Waals surface area contributed by atoms with Gasteiger partial charge in [0.25, 0.3) is 0 Å². The van der Waals surface area contributed by atoms with Crippen molar-refractivity contribution in [3.05, 3.63) is 24.0 Å². The minimum absolute atomic E-state index is 0.185. The molecule has 1 heterocycles. The van der Waals surface area contributed by atoms with Gasteiger partial charge in [-0.15, -0.1) is 0 Å². The van der Waals surface area contributed by atoms with Crippen LogP contribution in [-0.2, 0) is 10.8 Å². The van der Waals surface area contributed by atoms with E-state index in [9.17, 15) is 8.60 Å². The topological polar surface area (TPSA) is 46.3 Å². The first kappa shape index (κ1) is 10.4. The number of nitrogen functional groups attached to an aromatic ring is 1. The molecular formula is C10H13FN2OS. The van der Waals surface area contributed by atoms with Crippen LogP contribution in [0.5, 0.6) is 0 Å². The minimum Gasteiger partial charge on any atom is -0.395 e. The maximum Gasteiger partial charge on any atom is 0.148 e. The number of halogens is 1. The summed E-state index contributed by atoms with van der Waals surface area (Å²) in [6, 6.07) is 4.79. The summed E-state index contributed by atoms with van der Waals surface area (Å²) in [5.74, 6) is 0.880. The average molecular weight is 228 g/mol. The van der Waals surface area contributed by atoms with Gasteiger partial charge in [-0.05, 0) is 12.1 Å². The van der Waals surface area contributed by atoms with Crippen LogP contribution < -0.4 is 10.6 Å². The number of rotatable bonds is 1. The molecule has 2 rings (SSSR count). The third kappa shape index (κ3) is 2.12. The Balaban J connectivity index is 2.22. The Labute approximate surface area is 90.5 Å². The molecule has 3 nitrogen and oxygen atoms in total. The second kappa shape index (κ2) is 4.18. The molecule has 1 aromatic carbocycles. The van der Waals surface area contributed by atoms with Gasteiger partial charge in [0.15, 0.2) is 0 Å². The predicted octanol–water partition coefficient (Wildman–Crippen LogP) is 0.977. The largest absolute Gasteiger partial charge is 0.395 e. The molecule has 0 amide bonds. The lowest BCUT2D eigenvalue weighted by Crippen LogP contribution is -2.38. The maximum atomic E-state index is 13.2. The van der Waals surface area contributed by atoms with E-state index in [-0.39, 0.29) is 11.5 Å². The van der Waals surface area contributed by atoms with Gasteiger partial charge in [-0.3, -0.25) is 4.21 Å². The van der Waals surface area contributed by atoms with E-state index in [1.165, 1.54) is 6.07 Å². The molecule has 0 radical (unpaired) electrons. The Morgan fingerprint density at radius 1 is 1.33 bits per heavy atom. The summed E-state index contributed by atoms with van der Waals surface area (Å²) in [5.41, 5.74) is 6.56. The molecule has 1 saturated heterocycles. The van der Waals surface area contributed by atoms with Crippen molar-refractivity contribution in [3.8, 4) is 0 Å². The number of hydrogen-bond donors (Lipinski definition) is 1. The molecule has 1 aliphatic rings. The smallest absolute Gasteiger partial charge is 0.148 e. The van der Waals surface area contributed by atoms with Crippen LogP contribution in [0.1, 0.15) is 0 Å². The standard InChI is InChI=1S/C10H13FN2OS/c11-8-2-1-3-9(10(8)12)13-4-6-15(14)7-5-13/h1-3H,4-7,12H2. The van der Waals surface area contributed by atoms with Crippen molar-refractivity contribution < 1.29 is 8.60 Å². The number of nitrogens with two attached hydrogens (primary N) is 1. The van der Waals surface area contributed by atoms with Crippen molar-refractivity contribution >= 4 is 22.2 Å². The first-order valence-electron chi connectivity index (χ1n) is 4.82. The molecule has 0 bridgehead atoms. The molecular weight excluding hydrogens is 215 g/mol. The van der Waals surface area contributed by atoms with E-state index in [0.717, 1.165) is 0 Å². The van der Waals surface area contributed by atoms with Crippen LogP contribution in [0.3, 0.4) is 0 Å². The molecule has 0 saturated carbocycles. The molecule has 2 N–H and O–H groups in total. The molecule has 0 atom stereocenters. The van der Waals surface area contributed by atoms with Gasteiger partial charge in [0.2, 0.25) is 0 Å². The van der Waals surface area contributed by atoms with E-state index in [1.807, 2.05) is 4.90 Å². The zero-order chi connectivity index (χ0) is 10.8. The summed E-state index contributed by atoms with van der Waals surface area (Å²) < 4.78 is 24.4. The summed E-state index contributed by atoms with van der Waals surface area (Å²) in [4.78, 5) is 1.99. The van der Waals surface area contributed by atoms with Crippen LogP contribution in [0.2, 0.25) is 0 Å². The fourth-order valence-electron chi connectivity index (χ4n) is 1.68. The van der Waals surface area contributed by atoms with E-state index >= 15 is 0 Å². The predicted molar refractivity (Wildman–Crippen MR) is 60.9 cm³/mol. The highest BCUT2D eigenvalue weighted by Gasteiger charge is 2.18. The van der Waals surface area contributed by atoms with Crippen LogP contribution in [0.15, 0.2) is 18.2 Å². The monoisotopic (exact) mass is 228 g/mol. The lowest BCUT2D eigenvalue weighted by molar-refractivity contribution is 0.631. The highest BCUT2D eigenvalue weighted by atomic mass is 32.2. The van der Waals surface area contributed by atoms with Crippen molar-refractivity contribution in [1.29, 1.82) is 0 Å². The van der Waals surface area contributed by atoms with Gasteiger partial charge in [-0.1, -0.05) is 6.07 Å². The van der Waals surface area contributed by atoms with Crippen LogP contribution in [0, 0.1) is 5.82 Å². The third-order valence-corrected chi connectivity index (χ3v) is 3.82. The Kier molecular flexibility index (Phi) is 2.90. The van der Waals surface area contributed by atoms with Gasteiger partial charge in [-0.2, -0.15) is 0 Å². The number of hydrogen-bond acceptors (Lipinski definition) is 3. The van der Waals surface area contributed by atoms with E-state index in [4.69, 9.17) is 5.73 Å². The first-order valence-corrected chi connectivity index (χ1v) is 6.31. The fourth-order valence-corrected chi connectivity index (χ4v) is 2.73. The van der Waals surface area contributed by atoms with Crippen molar-refractivity contribution in [2.45, 2.75) is 0 Å². The van der Waals surface area contributed by atoms with Crippen LogP contribution in [0.4, 0.5) is 15.8 Å². The zero-order valence-electron chi connectivity index (χ0n) is 8.28. The van der Waals surface area contributed by atoms with E-state index in [2.05, 4.69) is 0 Å². The summed E-state index contributed by atoms with van der Waals surface area (Å²) in [5, 5.41) is 0. The Bertz CT molecular complexity index is 387. The van der Waals surface area contributed by atoms with E-state index in [1.54, 1.807) is 12.1 Å². The van der Waals surface area contributed by atoms with Gasteiger partial charge in [-0.25, -0.2) is 4.39 Å². The normalized spacial score (nSPS) is 18.1. The molecule has 0 unspecified atom stereocenters. The second-order valence-electron chi connectivity index (χ2n) is 3.51. The van der Waals surface area contributed by atoms with E-state index < -0.39 is 10.8 Å². The van der Waals surface area contributed by atoms with Gasteiger partial charge in [0, 0.05) is 35.4 Å². The molecule has 5 heteroatoms. The first-order chi connectivity index (χ1) is 7.18. The van der Waals surface area contributed by atoms with Crippen LogP contribution in [-0.4, -0.2) is 28.8 Å². The molecule has 0 spiro atoms.